The topological polar surface area (TPSA) is 63.3 Å². The van der Waals surface area contributed by atoms with Gasteiger partial charge in [-0.2, -0.15) is 0 Å². The van der Waals surface area contributed by atoms with Crippen molar-refractivity contribution >= 4 is 5.91 Å². The van der Waals surface area contributed by atoms with Crippen molar-refractivity contribution in [3.8, 4) is 0 Å². The molecule has 0 fully saturated rings. The van der Waals surface area contributed by atoms with E-state index in [1.807, 2.05) is 19.9 Å². The summed E-state index contributed by atoms with van der Waals surface area (Å²) in [6.45, 7) is 3.88. The van der Waals surface area contributed by atoms with Crippen LogP contribution in [0.25, 0.3) is 0 Å². The van der Waals surface area contributed by atoms with Crippen LogP contribution < -0.4 is 5.73 Å². The molecule has 3 N–H and O–H groups in total. The van der Waals surface area contributed by atoms with Crippen molar-refractivity contribution in [2.45, 2.75) is 25.9 Å². The summed E-state index contributed by atoms with van der Waals surface area (Å²) in [5.41, 5.74) is 4.28. The highest BCUT2D eigenvalue weighted by Crippen LogP contribution is 2.28. The molecule has 0 saturated heterocycles. The first-order valence-electron chi connectivity index (χ1n) is 5.04. The van der Waals surface area contributed by atoms with E-state index >= 15 is 0 Å². The second-order valence-electron chi connectivity index (χ2n) is 4.19. The molecule has 0 radical (unpaired) electrons. The van der Waals surface area contributed by atoms with Crippen molar-refractivity contribution in [3.05, 3.63) is 35.9 Å². The maximum absolute atomic E-state index is 11.3. The van der Waals surface area contributed by atoms with Gasteiger partial charge >= 0.3 is 0 Å². The molecule has 3 nitrogen and oxygen atoms in total. The van der Waals surface area contributed by atoms with Gasteiger partial charge < -0.3 is 10.8 Å². The van der Waals surface area contributed by atoms with E-state index in [9.17, 15) is 9.90 Å². The summed E-state index contributed by atoms with van der Waals surface area (Å²) < 4.78 is 0. The Morgan fingerprint density at radius 1 is 1.40 bits per heavy atom. The second-order valence-corrected chi connectivity index (χ2v) is 4.19. The van der Waals surface area contributed by atoms with E-state index < -0.39 is 11.5 Å². The van der Waals surface area contributed by atoms with E-state index in [2.05, 4.69) is 0 Å². The molecular formula is C12H17NO2. The predicted octanol–water partition coefficient (Wildman–Crippen LogP) is 1.41. The summed E-state index contributed by atoms with van der Waals surface area (Å²) in [5.74, 6) is -0.495. The molecule has 0 aromatic heterocycles. The molecule has 0 heterocycles. The molecule has 1 aromatic carbocycles. The Labute approximate surface area is 89.9 Å². The molecule has 82 valence electrons. The summed E-state index contributed by atoms with van der Waals surface area (Å²) in [6.07, 6.45) is 0.340. The third-order valence-electron chi connectivity index (χ3n) is 2.36. The van der Waals surface area contributed by atoms with Crippen LogP contribution in [0, 0.1) is 5.92 Å². The van der Waals surface area contributed by atoms with Crippen LogP contribution in [0.1, 0.15) is 25.8 Å². The number of carbonyl (C=O) groups excluding carboxylic acids is 1. The fourth-order valence-corrected chi connectivity index (χ4v) is 1.67. The van der Waals surface area contributed by atoms with Gasteiger partial charge in [0.2, 0.25) is 0 Å². The van der Waals surface area contributed by atoms with E-state index in [0.29, 0.717) is 12.0 Å². The molecule has 0 aliphatic rings. The van der Waals surface area contributed by atoms with Gasteiger partial charge in [0.15, 0.2) is 5.60 Å². The number of benzene rings is 1. The van der Waals surface area contributed by atoms with Crippen LogP contribution in [-0.4, -0.2) is 11.0 Å². The minimum Gasteiger partial charge on any atom is -0.375 e. The van der Waals surface area contributed by atoms with Gasteiger partial charge in [-0.05, 0) is 17.9 Å². The second kappa shape index (κ2) is 4.45. The van der Waals surface area contributed by atoms with Gasteiger partial charge in [-0.3, -0.25) is 4.79 Å². The normalized spacial score (nSPS) is 14.9. The SMILES string of the molecule is CC(C)CC(O)(C(N)=O)c1ccccc1. The van der Waals surface area contributed by atoms with Crippen molar-refractivity contribution in [2.24, 2.45) is 11.7 Å². The highest BCUT2D eigenvalue weighted by Gasteiger charge is 2.36. The fraction of sp³-hybridized carbons (Fsp3) is 0.417. The van der Waals surface area contributed by atoms with Gasteiger partial charge in [-0.1, -0.05) is 44.2 Å². The van der Waals surface area contributed by atoms with Gasteiger partial charge in [0.1, 0.15) is 0 Å². The summed E-state index contributed by atoms with van der Waals surface area (Å²) in [6, 6.07) is 8.83. The van der Waals surface area contributed by atoms with Gasteiger partial charge in [0.05, 0.1) is 0 Å². The number of rotatable bonds is 4. The minimum atomic E-state index is -1.55. The standard InChI is InChI=1S/C12H17NO2/c1-9(2)8-12(15,11(13)14)10-6-4-3-5-7-10/h3-7,9,15H,8H2,1-2H3,(H2,13,14). The van der Waals surface area contributed by atoms with Gasteiger partial charge in [-0.25, -0.2) is 0 Å². The average Bonchev–Trinajstić information content (AvgIpc) is 2.17. The van der Waals surface area contributed by atoms with Gasteiger partial charge in [0.25, 0.3) is 5.91 Å². The number of carbonyl (C=O) groups is 1. The van der Waals surface area contributed by atoms with Crippen molar-refractivity contribution in [3.63, 3.8) is 0 Å². The Hall–Kier alpha value is -1.35. The van der Waals surface area contributed by atoms with Crippen molar-refractivity contribution in [1.82, 2.24) is 0 Å². The Kier molecular flexibility index (Phi) is 3.48. The van der Waals surface area contributed by atoms with Crippen LogP contribution in [-0.2, 0) is 10.4 Å². The van der Waals surface area contributed by atoms with Gasteiger partial charge in [0, 0.05) is 0 Å². The van der Waals surface area contributed by atoms with Crippen LogP contribution in [0.3, 0.4) is 0 Å². The lowest BCUT2D eigenvalue weighted by atomic mass is 9.85. The van der Waals surface area contributed by atoms with E-state index in [1.54, 1.807) is 24.3 Å². The third kappa shape index (κ3) is 2.57. The van der Waals surface area contributed by atoms with Crippen LogP contribution >= 0.6 is 0 Å². The largest absolute Gasteiger partial charge is 0.375 e. The number of aliphatic hydroxyl groups is 1. The predicted molar refractivity (Wildman–Crippen MR) is 59.0 cm³/mol. The van der Waals surface area contributed by atoms with Crippen molar-refractivity contribution < 1.29 is 9.90 Å². The number of amides is 1. The lowest BCUT2D eigenvalue weighted by molar-refractivity contribution is -0.139. The van der Waals surface area contributed by atoms with Crippen molar-refractivity contribution in [2.75, 3.05) is 0 Å². The van der Waals surface area contributed by atoms with E-state index in [4.69, 9.17) is 5.73 Å². The highest BCUT2D eigenvalue weighted by atomic mass is 16.3. The zero-order chi connectivity index (χ0) is 11.5. The molecule has 1 atom stereocenters. The first-order valence-corrected chi connectivity index (χ1v) is 5.04. The molecule has 1 rings (SSSR count). The molecule has 1 unspecified atom stereocenters. The molecule has 0 aliphatic heterocycles. The average molecular weight is 207 g/mol. The zero-order valence-corrected chi connectivity index (χ0v) is 9.10. The Morgan fingerprint density at radius 3 is 2.33 bits per heavy atom. The van der Waals surface area contributed by atoms with E-state index in [-0.39, 0.29) is 5.92 Å². The Morgan fingerprint density at radius 2 is 1.93 bits per heavy atom. The minimum absolute atomic E-state index is 0.197. The quantitative estimate of drug-likeness (QED) is 0.784. The number of primary amides is 1. The first kappa shape index (κ1) is 11.7. The highest BCUT2D eigenvalue weighted by molar-refractivity contribution is 5.84. The van der Waals surface area contributed by atoms with Crippen molar-refractivity contribution in [1.29, 1.82) is 0 Å². The number of nitrogens with two attached hydrogens (primary N) is 1. The van der Waals surface area contributed by atoms with Gasteiger partial charge in [-0.15, -0.1) is 0 Å². The van der Waals surface area contributed by atoms with Crippen LogP contribution in [0.2, 0.25) is 0 Å². The monoisotopic (exact) mass is 207 g/mol. The molecule has 0 bridgehead atoms. The maximum atomic E-state index is 11.3. The molecule has 3 heteroatoms. The summed E-state index contributed by atoms with van der Waals surface area (Å²) in [4.78, 5) is 11.3. The molecule has 15 heavy (non-hydrogen) atoms. The summed E-state index contributed by atoms with van der Waals surface area (Å²) in [7, 11) is 0. The first-order chi connectivity index (χ1) is 6.97. The lowest BCUT2D eigenvalue weighted by Gasteiger charge is -2.26. The lowest BCUT2D eigenvalue weighted by Crippen LogP contribution is -2.42. The zero-order valence-electron chi connectivity index (χ0n) is 9.10. The summed E-state index contributed by atoms with van der Waals surface area (Å²) in [5, 5.41) is 10.3. The molecule has 0 saturated carbocycles. The Bertz CT molecular complexity index is 335. The molecule has 0 aliphatic carbocycles. The fourth-order valence-electron chi connectivity index (χ4n) is 1.67. The summed E-state index contributed by atoms with van der Waals surface area (Å²) >= 11 is 0. The molecule has 0 spiro atoms. The number of hydrogen-bond donors (Lipinski definition) is 2. The maximum Gasteiger partial charge on any atom is 0.254 e. The smallest absolute Gasteiger partial charge is 0.254 e. The van der Waals surface area contributed by atoms with Crippen LogP contribution in [0.5, 0.6) is 0 Å². The van der Waals surface area contributed by atoms with Crippen LogP contribution in [0.4, 0.5) is 0 Å². The molecular weight excluding hydrogens is 190 g/mol. The number of hydrogen-bond acceptors (Lipinski definition) is 2. The Balaban J connectivity index is 3.07. The van der Waals surface area contributed by atoms with E-state index in [1.165, 1.54) is 0 Å². The molecule has 1 aromatic rings. The van der Waals surface area contributed by atoms with E-state index in [0.717, 1.165) is 0 Å². The van der Waals surface area contributed by atoms with Crippen LogP contribution in [0.15, 0.2) is 30.3 Å². The third-order valence-corrected chi connectivity index (χ3v) is 2.36. The molecule has 1 amide bonds.